The molecule has 0 fully saturated rings. The van der Waals surface area contributed by atoms with Gasteiger partial charge in [0.2, 0.25) is 0 Å². The zero-order chi connectivity index (χ0) is 18.4. The summed E-state index contributed by atoms with van der Waals surface area (Å²) in [5, 5.41) is 6.96. The van der Waals surface area contributed by atoms with Crippen LogP contribution in [-0.4, -0.2) is 30.9 Å². The standard InChI is InChI=1S/C18H20N2O4S/c1-11-7-12(2)17(13(3)8-11)20-15(21)10-24-16(22)9-19-18(23)14-5-4-6-25-14/h4-8H,9-10H2,1-3H3,(H,19,23)(H,20,21). The second-order valence-corrected chi connectivity index (χ2v) is 6.59. The van der Waals surface area contributed by atoms with E-state index in [-0.39, 0.29) is 12.5 Å². The van der Waals surface area contributed by atoms with Gasteiger partial charge < -0.3 is 15.4 Å². The summed E-state index contributed by atoms with van der Waals surface area (Å²) in [7, 11) is 0. The molecule has 2 amide bonds. The van der Waals surface area contributed by atoms with Crippen molar-refractivity contribution in [1.29, 1.82) is 0 Å². The average Bonchev–Trinajstić information content (AvgIpc) is 3.08. The van der Waals surface area contributed by atoms with Gasteiger partial charge in [-0.3, -0.25) is 14.4 Å². The van der Waals surface area contributed by atoms with E-state index in [2.05, 4.69) is 10.6 Å². The molecule has 25 heavy (non-hydrogen) atoms. The first-order valence-electron chi connectivity index (χ1n) is 7.72. The maximum atomic E-state index is 12.0. The molecule has 132 valence electrons. The van der Waals surface area contributed by atoms with Crippen LogP contribution in [-0.2, 0) is 14.3 Å². The molecular weight excluding hydrogens is 340 g/mol. The Morgan fingerprint density at radius 3 is 2.40 bits per heavy atom. The maximum absolute atomic E-state index is 12.0. The molecule has 2 rings (SSSR count). The number of carbonyl (C=O) groups excluding carboxylic acids is 3. The second-order valence-electron chi connectivity index (χ2n) is 5.64. The van der Waals surface area contributed by atoms with Gasteiger partial charge in [0, 0.05) is 5.69 Å². The second kappa shape index (κ2) is 8.43. The molecule has 0 aliphatic rings. The Hall–Kier alpha value is -2.67. The lowest BCUT2D eigenvalue weighted by molar-refractivity contribution is -0.146. The van der Waals surface area contributed by atoms with Gasteiger partial charge in [-0.2, -0.15) is 0 Å². The first kappa shape index (κ1) is 18.7. The number of aryl methyl sites for hydroxylation is 3. The van der Waals surface area contributed by atoms with Crippen molar-refractivity contribution in [2.45, 2.75) is 20.8 Å². The predicted molar refractivity (Wildman–Crippen MR) is 96.9 cm³/mol. The number of carbonyl (C=O) groups is 3. The Kier molecular flexibility index (Phi) is 6.30. The van der Waals surface area contributed by atoms with Crippen LogP contribution in [0.1, 0.15) is 26.4 Å². The van der Waals surface area contributed by atoms with Crippen LogP contribution in [0, 0.1) is 20.8 Å². The van der Waals surface area contributed by atoms with Crippen LogP contribution in [0.3, 0.4) is 0 Å². The van der Waals surface area contributed by atoms with E-state index < -0.39 is 18.5 Å². The minimum atomic E-state index is -0.669. The molecule has 2 N–H and O–H groups in total. The number of esters is 1. The topological polar surface area (TPSA) is 84.5 Å². The van der Waals surface area contributed by atoms with E-state index in [1.54, 1.807) is 17.5 Å². The number of benzene rings is 1. The van der Waals surface area contributed by atoms with Crippen molar-refractivity contribution in [3.8, 4) is 0 Å². The third-order valence-electron chi connectivity index (χ3n) is 3.44. The van der Waals surface area contributed by atoms with Crippen LogP contribution in [0.5, 0.6) is 0 Å². The molecule has 0 saturated heterocycles. The van der Waals surface area contributed by atoms with E-state index in [1.807, 2.05) is 32.9 Å². The number of rotatable bonds is 6. The zero-order valence-electron chi connectivity index (χ0n) is 14.3. The van der Waals surface area contributed by atoms with E-state index in [4.69, 9.17) is 4.74 Å². The van der Waals surface area contributed by atoms with Crippen LogP contribution in [0.4, 0.5) is 5.69 Å². The highest BCUT2D eigenvalue weighted by atomic mass is 32.1. The van der Waals surface area contributed by atoms with Crippen molar-refractivity contribution >= 4 is 34.8 Å². The number of ether oxygens (including phenoxy) is 1. The van der Waals surface area contributed by atoms with Gasteiger partial charge in [-0.05, 0) is 43.3 Å². The van der Waals surface area contributed by atoms with Crippen molar-refractivity contribution in [1.82, 2.24) is 5.32 Å². The molecular formula is C18H20N2O4S. The average molecular weight is 360 g/mol. The molecule has 0 bridgehead atoms. The van der Waals surface area contributed by atoms with Crippen LogP contribution < -0.4 is 10.6 Å². The van der Waals surface area contributed by atoms with Crippen molar-refractivity contribution in [2.75, 3.05) is 18.5 Å². The van der Waals surface area contributed by atoms with Crippen LogP contribution in [0.15, 0.2) is 29.6 Å². The molecule has 7 heteroatoms. The fourth-order valence-corrected chi connectivity index (χ4v) is 3.04. The number of amides is 2. The lowest BCUT2D eigenvalue weighted by Crippen LogP contribution is -2.32. The molecule has 0 saturated carbocycles. The number of hydrogen-bond acceptors (Lipinski definition) is 5. The van der Waals surface area contributed by atoms with Gasteiger partial charge in [-0.25, -0.2) is 0 Å². The molecule has 0 atom stereocenters. The Morgan fingerprint density at radius 2 is 1.80 bits per heavy atom. The van der Waals surface area contributed by atoms with Crippen molar-refractivity contribution in [2.24, 2.45) is 0 Å². The van der Waals surface area contributed by atoms with Gasteiger partial charge >= 0.3 is 5.97 Å². The Labute approximate surface area is 150 Å². The summed E-state index contributed by atoms with van der Waals surface area (Å²) in [6, 6.07) is 7.34. The van der Waals surface area contributed by atoms with Crippen LogP contribution in [0.25, 0.3) is 0 Å². The molecule has 0 aliphatic heterocycles. The molecule has 1 heterocycles. The zero-order valence-corrected chi connectivity index (χ0v) is 15.2. The highest BCUT2D eigenvalue weighted by Crippen LogP contribution is 2.21. The molecule has 0 unspecified atom stereocenters. The summed E-state index contributed by atoms with van der Waals surface area (Å²) in [4.78, 5) is 35.8. The fourth-order valence-electron chi connectivity index (χ4n) is 2.40. The first-order valence-corrected chi connectivity index (χ1v) is 8.60. The van der Waals surface area contributed by atoms with Gasteiger partial charge in [0.25, 0.3) is 11.8 Å². The Morgan fingerprint density at radius 1 is 1.12 bits per heavy atom. The molecule has 0 aliphatic carbocycles. The Bertz CT molecular complexity index is 761. The van der Waals surface area contributed by atoms with E-state index >= 15 is 0 Å². The highest BCUT2D eigenvalue weighted by molar-refractivity contribution is 7.12. The summed E-state index contributed by atoms with van der Waals surface area (Å²) in [5.41, 5.74) is 3.72. The number of nitrogens with one attached hydrogen (secondary N) is 2. The number of anilines is 1. The lowest BCUT2D eigenvalue weighted by atomic mass is 10.1. The summed E-state index contributed by atoms with van der Waals surface area (Å²) < 4.78 is 4.88. The van der Waals surface area contributed by atoms with Crippen molar-refractivity contribution < 1.29 is 19.1 Å². The smallest absolute Gasteiger partial charge is 0.325 e. The molecule has 0 radical (unpaired) electrons. The summed E-state index contributed by atoms with van der Waals surface area (Å²) >= 11 is 1.28. The molecule has 2 aromatic rings. The SMILES string of the molecule is Cc1cc(C)c(NC(=O)COC(=O)CNC(=O)c2cccs2)c(C)c1. The summed E-state index contributed by atoms with van der Waals surface area (Å²) in [6.07, 6.45) is 0. The maximum Gasteiger partial charge on any atom is 0.325 e. The minimum absolute atomic E-state index is 0.285. The number of hydrogen-bond donors (Lipinski definition) is 2. The largest absolute Gasteiger partial charge is 0.454 e. The lowest BCUT2D eigenvalue weighted by Gasteiger charge is -2.13. The van der Waals surface area contributed by atoms with Gasteiger partial charge in [-0.1, -0.05) is 23.8 Å². The molecule has 0 spiro atoms. The quantitative estimate of drug-likeness (QED) is 0.776. The number of thiophene rings is 1. The highest BCUT2D eigenvalue weighted by Gasteiger charge is 2.13. The monoisotopic (exact) mass is 360 g/mol. The third kappa shape index (κ3) is 5.42. The fraction of sp³-hybridized carbons (Fsp3) is 0.278. The van der Waals surface area contributed by atoms with E-state index in [0.29, 0.717) is 4.88 Å². The third-order valence-corrected chi connectivity index (χ3v) is 4.31. The predicted octanol–water partition coefficient (Wildman–Crippen LogP) is 2.59. The normalized spacial score (nSPS) is 10.2. The minimum Gasteiger partial charge on any atom is -0.454 e. The van der Waals surface area contributed by atoms with Gasteiger partial charge in [0.1, 0.15) is 6.54 Å². The molecule has 1 aromatic carbocycles. The summed E-state index contributed by atoms with van der Waals surface area (Å²) in [6.45, 7) is 5.11. The van der Waals surface area contributed by atoms with Crippen molar-refractivity contribution in [3.63, 3.8) is 0 Å². The summed E-state index contributed by atoms with van der Waals surface area (Å²) in [5.74, 6) is -1.44. The van der Waals surface area contributed by atoms with Gasteiger partial charge in [-0.15, -0.1) is 11.3 Å². The van der Waals surface area contributed by atoms with E-state index in [0.717, 1.165) is 22.4 Å². The van der Waals surface area contributed by atoms with Gasteiger partial charge in [0.05, 0.1) is 4.88 Å². The van der Waals surface area contributed by atoms with E-state index in [9.17, 15) is 14.4 Å². The molecule has 6 nitrogen and oxygen atoms in total. The van der Waals surface area contributed by atoms with Crippen molar-refractivity contribution in [3.05, 3.63) is 51.2 Å². The van der Waals surface area contributed by atoms with Gasteiger partial charge in [0.15, 0.2) is 6.61 Å². The van der Waals surface area contributed by atoms with Crippen LogP contribution in [0.2, 0.25) is 0 Å². The van der Waals surface area contributed by atoms with Crippen LogP contribution >= 0.6 is 11.3 Å². The van der Waals surface area contributed by atoms with E-state index in [1.165, 1.54) is 11.3 Å². The Balaban J connectivity index is 1.78. The molecule has 1 aromatic heterocycles. The first-order chi connectivity index (χ1) is 11.9.